The number of quaternary nitrogens is 1. The van der Waals surface area contributed by atoms with Gasteiger partial charge in [-0.3, -0.25) is 9.59 Å². The number of hydrogen-bond acceptors (Lipinski definition) is 6. The normalized spacial score (nSPS) is 11.7. The van der Waals surface area contributed by atoms with Gasteiger partial charge < -0.3 is 29.4 Å². The molecule has 0 aliphatic heterocycles. The molecule has 1 atom stereocenters. The van der Waals surface area contributed by atoms with Crippen molar-refractivity contribution in [1.82, 2.24) is 9.97 Å². The number of nitrogens with zero attached hydrogens (tertiary/aromatic N) is 1. The minimum Gasteiger partial charge on any atom is -0.497 e. The molecule has 1 heterocycles. The van der Waals surface area contributed by atoms with Crippen LogP contribution in [0.2, 0.25) is 0 Å². The fourth-order valence-corrected chi connectivity index (χ4v) is 3.10. The van der Waals surface area contributed by atoms with E-state index in [0.717, 1.165) is 10.6 Å². The third-order valence-corrected chi connectivity index (χ3v) is 4.57. The van der Waals surface area contributed by atoms with Gasteiger partial charge in [0.1, 0.15) is 12.3 Å². The Hall–Kier alpha value is -3.59. The zero-order valence-electron chi connectivity index (χ0n) is 17.4. The van der Waals surface area contributed by atoms with Gasteiger partial charge in [0.2, 0.25) is 0 Å². The van der Waals surface area contributed by atoms with Gasteiger partial charge in [0, 0.05) is 11.8 Å². The summed E-state index contributed by atoms with van der Waals surface area (Å²) < 4.78 is 15.6. The Bertz CT molecular complexity index is 1090. The summed E-state index contributed by atoms with van der Waals surface area (Å²) in [4.78, 5) is 32.9. The Labute approximate surface area is 173 Å². The van der Waals surface area contributed by atoms with Crippen LogP contribution in [0.1, 0.15) is 5.82 Å². The molecule has 1 aromatic heterocycles. The van der Waals surface area contributed by atoms with Gasteiger partial charge in [0.15, 0.2) is 23.9 Å². The van der Waals surface area contributed by atoms with Crippen LogP contribution < -0.4 is 30.0 Å². The number of methoxy groups -OCH3 is 3. The van der Waals surface area contributed by atoms with E-state index in [4.69, 9.17) is 14.2 Å². The molecule has 30 heavy (non-hydrogen) atoms. The van der Waals surface area contributed by atoms with Crippen molar-refractivity contribution in [3.05, 3.63) is 52.6 Å². The first-order valence-electron chi connectivity index (χ1n) is 9.33. The van der Waals surface area contributed by atoms with Crippen LogP contribution in [0.25, 0.3) is 10.9 Å². The van der Waals surface area contributed by atoms with Gasteiger partial charge in [0.05, 0.1) is 39.3 Å². The lowest BCUT2D eigenvalue weighted by Crippen LogP contribution is -3.08. The van der Waals surface area contributed by atoms with E-state index in [1.807, 2.05) is 7.05 Å². The average molecular weight is 413 g/mol. The van der Waals surface area contributed by atoms with Crippen molar-refractivity contribution >= 4 is 22.5 Å². The molecule has 1 unspecified atom stereocenters. The zero-order chi connectivity index (χ0) is 21.7. The minimum absolute atomic E-state index is 0.146. The van der Waals surface area contributed by atoms with Gasteiger partial charge in [-0.2, -0.15) is 0 Å². The first kappa shape index (κ1) is 21.1. The molecule has 0 spiro atoms. The number of hydrogen-bond donors (Lipinski definition) is 3. The SMILES string of the molecule is COc1ccc(NC(=O)C[NH+](C)Cc2nc3cc(OC)c(OC)cc3c(=O)[nH]2)cc1. The maximum atomic E-state index is 12.5. The number of likely N-dealkylation sites (N-methyl/N-ethyl adjacent to an activating group) is 1. The number of benzene rings is 2. The number of aromatic amines is 1. The fraction of sp³-hybridized carbons (Fsp3) is 0.286. The molecule has 0 saturated carbocycles. The van der Waals surface area contributed by atoms with Gasteiger partial charge in [-0.05, 0) is 30.3 Å². The molecule has 2 aromatic carbocycles. The largest absolute Gasteiger partial charge is 0.497 e. The van der Waals surface area contributed by atoms with Crippen LogP contribution in [-0.2, 0) is 11.3 Å². The van der Waals surface area contributed by atoms with Crippen LogP contribution in [-0.4, -0.2) is 50.8 Å². The minimum atomic E-state index is -0.272. The predicted octanol–water partition coefficient (Wildman–Crippen LogP) is 0.602. The first-order valence-corrected chi connectivity index (χ1v) is 9.33. The van der Waals surface area contributed by atoms with E-state index in [1.54, 1.807) is 43.5 Å². The van der Waals surface area contributed by atoms with E-state index < -0.39 is 0 Å². The molecule has 0 bridgehead atoms. The van der Waals surface area contributed by atoms with Crippen molar-refractivity contribution in [3.8, 4) is 17.2 Å². The van der Waals surface area contributed by atoms with Crippen molar-refractivity contribution in [2.24, 2.45) is 0 Å². The first-order chi connectivity index (χ1) is 14.4. The number of carbonyl (C=O) groups is 1. The Balaban J connectivity index is 1.70. The lowest BCUT2D eigenvalue weighted by molar-refractivity contribution is -0.885. The molecule has 3 rings (SSSR count). The van der Waals surface area contributed by atoms with Crippen molar-refractivity contribution < 1.29 is 23.9 Å². The number of nitrogens with one attached hydrogen (secondary N) is 3. The molecule has 0 aliphatic rings. The second kappa shape index (κ2) is 9.27. The highest BCUT2D eigenvalue weighted by molar-refractivity contribution is 5.91. The van der Waals surface area contributed by atoms with E-state index in [0.29, 0.717) is 40.5 Å². The maximum Gasteiger partial charge on any atom is 0.279 e. The predicted molar refractivity (Wildman–Crippen MR) is 113 cm³/mol. The summed E-state index contributed by atoms with van der Waals surface area (Å²) in [7, 11) is 6.47. The summed E-state index contributed by atoms with van der Waals surface area (Å²) >= 11 is 0. The third-order valence-electron chi connectivity index (χ3n) is 4.57. The Morgan fingerprint density at radius 2 is 1.73 bits per heavy atom. The van der Waals surface area contributed by atoms with Gasteiger partial charge in [0.25, 0.3) is 11.5 Å². The van der Waals surface area contributed by atoms with Crippen LogP contribution in [0.4, 0.5) is 5.69 Å². The molecule has 9 heteroatoms. The van der Waals surface area contributed by atoms with Gasteiger partial charge in [-0.25, -0.2) is 4.98 Å². The molecule has 0 saturated heterocycles. The summed E-state index contributed by atoms with van der Waals surface area (Å²) in [5.41, 5.74) is 0.917. The van der Waals surface area contributed by atoms with Crippen molar-refractivity contribution in [2.75, 3.05) is 40.2 Å². The second-order valence-electron chi connectivity index (χ2n) is 6.82. The number of H-pyrrole nitrogens is 1. The van der Waals surface area contributed by atoms with E-state index in [2.05, 4.69) is 15.3 Å². The maximum absolute atomic E-state index is 12.5. The van der Waals surface area contributed by atoms with Crippen LogP contribution in [0, 0.1) is 0 Å². The molecule has 0 aliphatic carbocycles. The summed E-state index contributed by atoms with van der Waals surface area (Å²) in [5, 5.41) is 3.25. The molecular formula is C21H25N4O5+. The number of rotatable bonds is 8. The van der Waals surface area contributed by atoms with Gasteiger partial charge in [-0.15, -0.1) is 0 Å². The number of ether oxygens (including phenoxy) is 3. The molecule has 9 nitrogen and oxygen atoms in total. The Kier molecular flexibility index (Phi) is 6.53. The van der Waals surface area contributed by atoms with E-state index in [-0.39, 0.29) is 18.0 Å². The number of anilines is 1. The van der Waals surface area contributed by atoms with Crippen LogP contribution in [0.3, 0.4) is 0 Å². The fourth-order valence-electron chi connectivity index (χ4n) is 3.10. The van der Waals surface area contributed by atoms with Crippen LogP contribution >= 0.6 is 0 Å². The molecule has 158 valence electrons. The monoisotopic (exact) mass is 413 g/mol. The highest BCUT2D eigenvalue weighted by Gasteiger charge is 2.15. The lowest BCUT2D eigenvalue weighted by atomic mass is 10.2. The molecule has 3 aromatic rings. The van der Waals surface area contributed by atoms with E-state index >= 15 is 0 Å². The quantitative estimate of drug-likeness (QED) is 0.499. The Morgan fingerprint density at radius 3 is 2.37 bits per heavy atom. The zero-order valence-corrected chi connectivity index (χ0v) is 17.4. The molecule has 0 radical (unpaired) electrons. The number of aromatic nitrogens is 2. The highest BCUT2D eigenvalue weighted by atomic mass is 16.5. The highest BCUT2D eigenvalue weighted by Crippen LogP contribution is 2.29. The van der Waals surface area contributed by atoms with Gasteiger partial charge in [-0.1, -0.05) is 0 Å². The number of amides is 1. The van der Waals surface area contributed by atoms with Crippen molar-refractivity contribution in [1.29, 1.82) is 0 Å². The molecular weight excluding hydrogens is 388 g/mol. The number of carbonyl (C=O) groups excluding carboxylic acids is 1. The van der Waals surface area contributed by atoms with Crippen molar-refractivity contribution in [3.63, 3.8) is 0 Å². The summed E-state index contributed by atoms with van der Waals surface area (Å²) in [6, 6.07) is 10.4. The summed E-state index contributed by atoms with van der Waals surface area (Å²) in [6.45, 7) is 0.579. The van der Waals surface area contributed by atoms with Crippen molar-refractivity contribution in [2.45, 2.75) is 6.54 Å². The number of fused-ring (bicyclic) bond motifs is 1. The van der Waals surface area contributed by atoms with Gasteiger partial charge >= 0.3 is 0 Å². The summed E-state index contributed by atoms with van der Waals surface area (Å²) in [6.07, 6.45) is 0. The average Bonchev–Trinajstić information content (AvgIpc) is 2.73. The topological polar surface area (TPSA) is 107 Å². The third kappa shape index (κ3) is 4.87. The van der Waals surface area contributed by atoms with Crippen LogP contribution in [0.15, 0.2) is 41.2 Å². The standard InChI is InChI=1S/C21H24N4O5/c1-25(12-20(26)22-13-5-7-14(28-2)8-6-13)11-19-23-16-10-18(30-4)17(29-3)9-15(16)21(27)24-19/h5-10H,11-12H2,1-4H3,(H,22,26)(H,23,24,27)/p+1. The summed E-state index contributed by atoms with van der Waals surface area (Å²) in [5.74, 6) is 2.01. The molecule has 0 fully saturated rings. The smallest absolute Gasteiger partial charge is 0.279 e. The molecule has 1 amide bonds. The van der Waals surface area contributed by atoms with E-state index in [9.17, 15) is 9.59 Å². The van der Waals surface area contributed by atoms with Crippen LogP contribution in [0.5, 0.6) is 17.2 Å². The molecule has 3 N–H and O–H groups in total. The second-order valence-corrected chi connectivity index (χ2v) is 6.82. The lowest BCUT2D eigenvalue weighted by Gasteiger charge is -2.14. The Morgan fingerprint density at radius 1 is 1.07 bits per heavy atom. The van der Waals surface area contributed by atoms with E-state index in [1.165, 1.54) is 14.2 Å².